The summed E-state index contributed by atoms with van der Waals surface area (Å²) in [6.07, 6.45) is 2.57. The first-order chi connectivity index (χ1) is 6.16. The van der Waals surface area contributed by atoms with Gasteiger partial charge in [0.25, 0.3) is 0 Å². The van der Waals surface area contributed by atoms with Gasteiger partial charge in [0.2, 0.25) is 5.91 Å². The number of likely N-dealkylation sites (tertiary alicyclic amines) is 1. The highest BCUT2D eigenvalue weighted by molar-refractivity contribution is 5.99. The lowest BCUT2D eigenvalue weighted by Gasteiger charge is -2.20. The van der Waals surface area contributed by atoms with Crippen molar-refractivity contribution in [2.24, 2.45) is 10.9 Å². The van der Waals surface area contributed by atoms with Crippen LogP contribution in [-0.4, -0.2) is 34.4 Å². The van der Waals surface area contributed by atoms with Gasteiger partial charge < -0.3 is 10.9 Å². The van der Waals surface area contributed by atoms with Crippen LogP contribution in [0.3, 0.4) is 0 Å². The topological polar surface area (TPSA) is 78.9 Å². The van der Waals surface area contributed by atoms with Crippen LogP contribution in [-0.2, 0) is 4.79 Å². The Morgan fingerprint density at radius 3 is 3.00 bits per heavy atom. The molecule has 0 aromatic carbocycles. The SMILES string of the molecule is CC(=NO)N1CCCC[C@H](N)C1=O. The predicted octanol–water partition coefficient (Wildman–Crippen LogP) is 0.134. The van der Waals surface area contributed by atoms with Crippen molar-refractivity contribution in [2.45, 2.75) is 32.2 Å². The van der Waals surface area contributed by atoms with E-state index in [1.165, 1.54) is 4.90 Å². The summed E-state index contributed by atoms with van der Waals surface area (Å²) in [5.74, 6) is 0.176. The van der Waals surface area contributed by atoms with E-state index < -0.39 is 6.04 Å². The number of amides is 1. The molecule has 1 rings (SSSR count). The summed E-state index contributed by atoms with van der Waals surface area (Å²) in [6, 6.07) is -0.445. The van der Waals surface area contributed by atoms with E-state index in [0.29, 0.717) is 18.8 Å². The number of hydrogen-bond donors (Lipinski definition) is 2. The summed E-state index contributed by atoms with van der Waals surface area (Å²) in [4.78, 5) is 13.0. The van der Waals surface area contributed by atoms with Gasteiger partial charge >= 0.3 is 0 Å². The smallest absolute Gasteiger partial charge is 0.244 e. The zero-order valence-electron chi connectivity index (χ0n) is 7.73. The number of oxime groups is 1. The fourth-order valence-corrected chi connectivity index (χ4v) is 1.44. The molecule has 1 saturated heterocycles. The lowest BCUT2D eigenvalue weighted by Crippen LogP contribution is -2.44. The van der Waals surface area contributed by atoms with Gasteiger partial charge in [0, 0.05) is 6.54 Å². The molecule has 0 saturated carbocycles. The molecule has 1 amide bonds. The third-order valence-electron chi connectivity index (χ3n) is 2.27. The van der Waals surface area contributed by atoms with Gasteiger partial charge in [-0.05, 0) is 26.2 Å². The van der Waals surface area contributed by atoms with Gasteiger partial charge in [-0.2, -0.15) is 0 Å². The van der Waals surface area contributed by atoms with E-state index in [1.807, 2.05) is 0 Å². The van der Waals surface area contributed by atoms with Crippen molar-refractivity contribution in [2.75, 3.05) is 6.54 Å². The Labute approximate surface area is 77.2 Å². The first-order valence-electron chi connectivity index (χ1n) is 4.42. The molecule has 5 nitrogen and oxygen atoms in total. The minimum Gasteiger partial charge on any atom is -0.409 e. The predicted molar refractivity (Wildman–Crippen MR) is 48.4 cm³/mol. The zero-order chi connectivity index (χ0) is 9.84. The average molecular weight is 185 g/mol. The van der Waals surface area contributed by atoms with Crippen LogP contribution in [0, 0.1) is 0 Å². The van der Waals surface area contributed by atoms with Crippen molar-refractivity contribution < 1.29 is 10.0 Å². The highest BCUT2D eigenvalue weighted by Crippen LogP contribution is 2.10. The molecule has 1 fully saturated rings. The number of amidine groups is 1. The Bertz CT molecular complexity index is 227. The number of hydrogen-bond acceptors (Lipinski definition) is 4. The van der Waals surface area contributed by atoms with Gasteiger partial charge in [0.05, 0.1) is 6.04 Å². The third-order valence-corrected chi connectivity index (χ3v) is 2.27. The van der Waals surface area contributed by atoms with Crippen LogP contribution in [0.5, 0.6) is 0 Å². The molecular formula is C8H15N3O2. The van der Waals surface area contributed by atoms with Gasteiger partial charge in [-0.3, -0.25) is 9.69 Å². The summed E-state index contributed by atoms with van der Waals surface area (Å²) in [5.41, 5.74) is 5.63. The van der Waals surface area contributed by atoms with Crippen LogP contribution < -0.4 is 5.73 Å². The Kier molecular flexibility index (Phi) is 3.25. The summed E-state index contributed by atoms with van der Waals surface area (Å²) in [5, 5.41) is 11.5. The largest absolute Gasteiger partial charge is 0.409 e. The van der Waals surface area contributed by atoms with E-state index in [9.17, 15) is 4.79 Å². The second-order valence-corrected chi connectivity index (χ2v) is 3.24. The van der Waals surface area contributed by atoms with E-state index in [1.54, 1.807) is 6.92 Å². The molecule has 1 aliphatic heterocycles. The first kappa shape index (κ1) is 9.98. The fourth-order valence-electron chi connectivity index (χ4n) is 1.44. The molecule has 5 heteroatoms. The van der Waals surface area contributed by atoms with Gasteiger partial charge in [-0.1, -0.05) is 5.16 Å². The first-order valence-corrected chi connectivity index (χ1v) is 4.42. The molecule has 74 valence electrons. The van der Waals surface area contributed by atoms with Gasteiger partial charge in [-0.15, -0.1) is 0 Å². The summed E-state index contributed by atoms with van der Waals surface area (Å²) < 4.78 is 0. The molecule has 0 radical (unpaired) electrons. The lowest BCUT2D eigenvalue weighted by atomic mass is 10.1. The maximum atomic E-state index is 11.6. The monoisotopic (exact) mass is 185 g/mol. The van der Waals surface area contributed by atoms with Crippen LogP contribution in [0.4, 0.5) is 0 Å². The normalized spacial score (nSPS) is 26.0. The quantitative estimate of drug-likeness (QED) is 0.244. The minimum absolute atomic E-state index is 0.146. The number of carbonyl (C=O) groups excluding carboxylic acids is 1. The lowest BCUT2D eigenvalue weighted by molar-refractivity contribution is -0.128. The second-order valence-electron chi connectivity index (χ2n) is 3.24. The molecule has 1 heterocycles. The molecule has 0 aromatic heterocycles. The van der Waals surface area contributed by atoms with Gasteiger partial charge in [-0.25, -0.2) is 0 Å². The van der Waals surface area contributed by atoms with E-state index in [4.69, 9.17) is 10.9 Å². The van der Waals surface area contributed by atoms with Crippen LogP contribution >= 0.6 is 0 Å². The Morgan fingerprint density at radius 1 is 1.69 bits per heavy atom. The molecule has 1 atom stereocenters. The van der Waals surface area contributed by atoms with Crippen molar-refractivity contribution in [1.29, 1.82) is 0 Å². The average Bonchev–Trinajstić information content (AvgIpc) is 2.29. The van der Waals surface area contributed by atoms with E-state index in [0.717, 1.165) is 12.8 Å². The Morgan fingerprint density at radius 2 is 2.38 bits per heavy atom. The van der Waals surface area contributed by atoms with Crippen molar-refractivity contribution in [3.05, 3.63) is 0 Å². The van der Waals surface area contributed by atoms with Crippen molar-refractivity contribution in [3.63, 3.8) is 0 Å². The highest BCUT2D eigenvalue weighted by atomic mass is 16.4. The maximum Gasteiger partial charge on any atom is 0.244 e. The number of rotatable bonds is 0. The second kappa shape index (κ2) is 4.23. The van der Waals surface area contributed by atoms with E-state index in [-0.39, 0.29) is 5.91 Å². The molecule has 0 aliphatic carbocycles. The van der Waals surface area contributed by atoms with E-state index in [2.05, 4.69) is 5.16 Å². The van der Waals surface area contributed by atoms with Crippen LogP contribution in [0.25, 0.3) is 0 Å². The molecular weight excluding hydrogens is 170 g/mol. The summed E-state index contributed by atoms with van der Waals surface area (Å²) >= 11 is 0. The molecule has 1 aliphatic rings. The highest BCUT2D eigenvalue weighted by Gasteiger charge is 2.25. The van der Waals surface area contributed by atoms with Gasteiger partial charge in [0.15, 0.2) is 0 Å². The molecule has 3 N–H and O–H groups in total. The number of nitrogens with zero attached hydrogens (tertiary/aromatic N) is 2. The summed E-state index contributed by atoms with van der Waals surface area (Å²) in [6.45, 7) is 2.19. The van der Waals surface area contributed by atoms with Gasteiger partial charge in [0.1, 0.15) is 5.84 Å². The minimum atomic E-state index is -0.445. The number of nitrogens with two attached hydrogens (primary N) is 1. The van der Waals surface area contributed by atoms with Crippen molar-refractivity contribution in [1.82, 2.24) is 4.90 Å². The third kappa shape index (κ3) is 2.18. The Balaban J connectivity index is 2.76. The molecule has 0 spiro atoms. The molecule has 0 aromatic rings. The molecule has 13 heavy (non-hydrogen) atoms. The zero-order valence-corrected chi connectivity index (χ0v) is 7.73. The maximum absolute atomic E-state index is 11.6. The summed E-state index contributed by atoms with van der Waals surface area (Å²) in [7, 11) is 0. The van der Waals surface area contributed by atoms with Crippen LogP contribution in [0.1, 0.15) is 26.2 Å². The number of carbonyl (C=O) groups is 1. The van der Waals surface area contributed by atoms with E-state index >= 15 is 0 Å². The van der Waals surface area contributed by atoms with Crippen molar-refractivity contribution in [3.8, 4) is 0 Å². The Hall–Kier alpha value is -1.10. The standard InChI is InChI=1S/C8H15N3O2/c1-6(10-13)11-5-3-2-4-7(9)8(11)12/h7,13H,2-5,9H2,1H3/t7-/m0/s1. The van der Waals surface area contributed by atoms with Crippen LogP contribution in [0.15, 0.2) is 5.16 Å². The van der Waals surface area contributed by atoms with Crippen LogP contribution in [0.2, 0.25) is 0 Å². The molecule has 0 bridgehead atoms. The molecule has 0 unspecified atom stereocenters. The van der Waals surface area contributed by atoms with Crippen molar-refractivity contribution >= 4 is 11.7 Å². The fraction of sp³-hybridized carbons (Fsp3) is 0.750.